The molecule has 0 bridgehead atoms. The van der Waals surface area contributed by atoms with Gasteiger partial charge in [-0.2, -0.15) is 0 Å². The summed E-state index contributed by atoms with van der Waals surface area (Å²) in [5.41, 5.74) is 4.69. The molecule has 0 amide bonds. The average molecular weight is 255 g/mol. The number of nitrogens with one attached hydrogen (secondary N) is 1. The van der Waals surface area contributed by atoms with Gasteiger partial charge in [-0.05, 0) is 49.2 Å². The third-order valence-corrected chi connectivity index (χ3v) is 3.63. The van der Waals surface area contributed by atoms with Gasteiger partial charge in [0.05, 0.1) is 14.2 Å². The molecule has 3 aromatic rings. The molecule has 19 heavy (non-hydrogen) atoms. The van der Waals surface area contributed by atoms with Crippen LogP contribution in [0.1, 0.15) is 11.1 Å². The van der Waals surface area contributed by atoms with Gasteiger partial charge in [0.1, 0.15) is 11.5 Å². The van der Waals surface area contributed by atoms with Gasteiger partial charge in [0.15, 0.2) is 0 Å². The predicted octanol–water partition coefficient (Wildman–Crippen LogP) is 3.96. The van der Waals surface area contributed by atoms with E-state index in [2.05, 4.69) is 31.0 Å². The number of aromatic amines is 1. The fraction of sp³-hybridized carbons (Fsp3) is 0.250. The molecule has 0 aliphatic carbocycles. The van der Waals surface area contributed by atoms with E-state index >= 15 is 0 Å². The second kappa shape index (κ2) is 4.19. The van der Waals surface area contributed by atoms with Gasteiger partial charge in [-0.25, -0.2) is 0 Å². The van der Waals surface area contributed by atoms with Crippen LogP contribution in [0.25, 0.3) is 21.8 Å². The molecule has 1 aromatic heterocycles. The van der Waals surface area contributed by atoms with Gasteiger partial charge in [-0.15, -0.1) is 0 Å². The Bertz CT molecular complexity index is 707. The van der Waals surface area contributed by atoms with Crippen molar-refractivity contribution in [2.75, 3.05) is 14.2 Å². The number of hydrogen-bond acceptors (Lipinski definition) is 2. The normalized spacial score (nSPS) is 11.2. The number of fused-ring (bicyclic) bond motifs is 3. The van der Waals surface area contributed by atoms with Gasteiger partial charge < -0.3 is 14.5 Å². The molecular weight excluding hydrogens is 238 g/mol. The number of aromatic nitrogens is 1. The standard InChI is InChI=1S/C16H17NO2/c1-9-5-11(18-3)7-13-14-8-12(19-4)6-10(2)16(14)17-15(9)13/h5-8,17H,1-4H3. The third-order valence-electron chi connectivity index (χ3n) is 3.63. The highest BCUT2D eigenvalue weighted by Crippen LogP contribution is 2.34. The van der Waals surface area contributed by atoms with Crippen molar-refractivity contribution in [2.24, 2.45) is 0 Å². The van der Waals surface area contributed by atoms with Crippen molar-refractivity contribution in [1.29, 1.82) is 0 Å². The highest BCUT2D eigenvalue weighted by atomic mass is 16.5. The first-order valence-electron chi connectivity index (χ1n) is 6.28. The fourth-order valence-corrected chi connectivity index (χ4v) is 2.63. The van der Waals surface area contributed by atoms with E-state index in [1.807, 2.05) is 12.1 Å². The molecule has 3 heteroatoms. The number of benzene rings is 2. The van der Waals surface area contributed by atoms with Crippen LogP contribution in [0.15, 0.2) is 24.3 Å². The lowest BCUT2D eigenvalue weighted by atomic mass is 10.1. The molecular formula is C16H17NO2. The van der Waals surface area contributed by atoms with Gasteiger partial charge in [0.2, 0.25) is 0 Å². The van der Waals surface area contributed by atoms with Gasteiger partial charge in [0.25, 0.3) is 0 Å². The Morgan fingerprint density at radius 2 is 1.16 bits per heavy atom. The van der Waals surface area contributed by atoms with E-state index in [1.54, 1.807) is 14.2 Å². The maximum Gasteiger partial charge on any atom is 0.119 e. The number of H-pyrrole nitrogens is 1. The lowest BCUT2D eigenvalue weighted by Crippen LogP contribution is -1.85. The maximum absolute atomic E-state index is 5.36. The first-order valence-corrected chi connectivity index (χ1v) is 6.28. The number of aryl methyl sites for hydroxylation is 2. The van der Waals surface area contributed by atoms with Crippen LogP contribution in [0, 0.1) is 13.8 Å². The molecule has 3 nitrogen and oxygen atoms in total. The highest BCUT2D eigenvalue weighted by molar-refractivity contribution is 6.10. The molecule has 0 atom stereocenters. The lowest BCUT2D eigenvalue weighted by molar-refractivity contribution is 0.414. The number of hydrogen-bond donors (Lipinski definition) is 1. The van der Waals surface area contributed by atoms with Crippen LogP contribution in [-0.2, 0) is 0 Å². The first-order chi connectivity index (χ1) is 9.13. The molecule has 0 aliphatic heterocycles. The summed E-state index contributed by atoms with van der Waals surface area (Å²) in [6.45, 7) is 4.18. The Kier molecular flexibility index (Phi) is 2.63. The SMILES string of the molecule is COc1cc(C)c2[nH]c3c(C)cc(OC)cc3c2c1. The zero-order chi connectivity index (χ0) is 13.6. The van der Waals surface area contributed by atoms with Gasteiger partial charge >= 0.3 is 0 Å². The van der Waals surface area contributed by atoms with E-state index in [0.717, 1.165) is 22.5 Å². The summed E-state index contributed by atoms with van der Waals surface area (Å²) < 4.78 is 10.7. The molecule has 0 aliphatic rings. The van der Waals surface area contributed by atoms with Crippen molar-refractivity contribution in [1.82, 2.24) is 4.98 Å². The Morgan fingerprint density at radius 1 is 0.737 bits per heavy atom. The van der Waals surface area contributed by atoms with Crippen LogP contribution in [0.4, 0.5) is 0 Å². The van der Waals surface area contributed by atoms with Crippen molar-refractivity contribution < 1.29 is 9.47 Å². The Hall–Kier alpha value is -2.16. The number of rotatable bonds is 2. The van der Waals surface area contributed by atoms with Crippen molar-refractivity contribution in [3.63, 3.8) is 0 Å². The zero-order valence-corrected chi connectivity index (χ0v) is 11.6. The number of ether oxygens (including phenoxy) is 2. The van der Waals surface area contributed by atoms with E-state index in [4.69, 9.17) is 9.47 Å². The summed E-state index contributed by atoms with van der Waals surface area (Å²) in [6.07, 6.45) is 0. The third kappa shape index (κ3) is 1.73. The quantitative estimate of drug-likeness (QED) is 0.752. The lowest BCUT2D eigenvalue weighted by Gasteiger charge is -2.04. The molecule has 3 rings (SSSR count). The van der Waals surface area contributed by atoms with E-state index in [0.29, 0.717) is 0 Å². The van der Waals surface area contributed by atoms with Crippen LogP contribution >= 0.6 is 0 Å². The van der Waals surface area contributed by atoms with Crippen molar-refractivity contribution in [2.45, 2.75) is 13.8 Å². The second-order valence-electron chi connectivity index (χ2n) is 4.86. The van der Waals surface area contributed by atoms with Gasteiger partial charge in [-0.1, -0.05) is 0 Å². The number of methoxy groups -OCH3 is 2. The molecule has 0 radical (unpaired) electrons. The minimum Gasteiger partial charge on any atom is -0.497 e. The minimum absolute atomic E-state index is 0.881. The van der Waals surface area contributed by atoms with E-state index in [9.17, 15) is 0 Å². The molecule has 0 saturated carbocycles. The Balaban J connectivity index is 2.47. The van der Waals surface area contributed by atoms with Crippen molar-refractivity contribution >= 4 is 21.8 Å². The van der Waals surface area contributed by atoms with Crippen molar-refractivity contribution in [3.8, 4) is 11.5 Å². The monoisotopic (exact) mass is 255 g/mol. The molecule has 98 valence electrons. The highest BCUT2D eigenvalue weighted by Gasteiger charge is 2.11. The van der Waals surface area contributed by atoms with Crippen LogP contribution in [-0.4, -0.2) is 19.2 Å². The zero-order valence-electron chi connectivity index (χ0n) is 11.6. The predicted molar refractivity (Wildman–Crippen MR) is 78.4 cm³/mol. The topological polar surface area (TPSA) is 34.2 Å². The molecule has 0 saturated heterocycles. The fourth-order valence-electron chi connectivity index (χ4n) is 2.63. The summed E-state index contributed by atoms with van der Waals surface area (Å²) in [5.74, 6) is 1.76. The summed E-state index contributed by atoms with van der Waals surface area (Å²) in [6, 6.07) is 8.23. The Morgan fingerprint density at radius 3 is 1.53 bits per heavy atom. The summed E-state index contributed by atoms with van der Waals surface area (Å²) in [7, 11) is 3.39. The molecule has 2 aromatic carbocycles. The second-order valence-corrected chi connectivity index (χ2v) is 4.86. The summed E-state index contributed by atoms with van der Waals surface area (Å²) in [5, 5.41) is 2.35. The summed E-state index contributed by atoms with van der Waals surface area (Å²) in [4.78, 5) is 3.51. The largest absolute Gasteiger partial charge is 0.497 e. The minimum atomic E-state index is 0.881. The van der Waals surface area contributed by atoms with E-state index in [1.165, 1.54) is 21.9 Å². The molecule has 0 spiro atoms. The van der Waals surface area contributed by atoms with Crippen LogP contribution in [0.3, 0.4) is 0 Å². The average Bonchev–Trinajstić information content (AvgIpc) is 2.78. The van der Waals surface area contributed by atoms with Crippen LogP contribution in [0.5, 0.6) is 11.5 Å². The van der Waals surface area contributed by atoms with Crippen LogP contribution in [0.2, 0.25) is 0 Å². The maximum atomic E-state index is 5.36. The molecule has 0 fully saturated rings. The van der Waals surface area contributed by atoms with Gasteiger partial charge in [-0.3, -0.25) is 0 Å². The first kappa shape index (κ1) is 11.9. The molecule has 1 N–H and O–H groups in total. The van der Waals surface area contributed by atoms with Crippen molar-refractivity contribution in [3.05, 3.63) is 35.4 Å². The summed E-state index contributed by atoms with van der Waals surface area (Å²) >= 11 is 0. The smallest absolute Gasteiger partial charge is 0.119 e. The van der Waals surface area contributed by atoms with E-state index in [-0.39, 0.29) is 0 Å². The molecule has 1 heterocycles. The Labute approximate surface area is 112 Å². The van der Waals surface area contributed by atoms with E-state index < -0.39 is 0 Å². The van der Waals surface area contributed by atoms with Crippen LogP contribution < -0.4 is 9.47 Å². The molecule has 0 unspecified atom stereocenters. The van der Waals surface area contributed by atoms with Gasteiger partial charge in [0, 0.05) is 21.8 Å².